The van der Waals surface area contributed by atoms with Gasteiger partial charge in [-0.05, 0) is 24.7 Å². The van der Waals surface area contributed by atoms with E-state index in [0.29, 0.717) is 13.1 Å². The molecule has 2 aliphatic rings. The molecular weight excluding hydrogens is 371 g/mol. The second kappa shape index (κ2) is 7.65. The molecule has 0 bridgehead atoms. The van der Waals surface area contributed by atoms with E-state index in [1.807, 2.05) is 0 Å². The van der Waals surface area contributed by atoms with Crippen molar-refractivity contribution in [3.63, 3.8) is 0 Å². The van der Waals surface area contributed by atoms with Crippen LogP contribution in [0, 0.1) is 17.7 Å². The Labute approximate surface area is 153 Å². The molecular formula is C16H24ClFN2O4S. The van der Waals surface area contributed by atoms with Crippen molar-refractivity contribution in [2.45, 2.75) is 30.2 Å². The van der Waals surface area contributed by atoms with Gasteiger partial charge in [-0.25, -0.2) is 12.8 Å². The van der Waals surface area contributed by atoms with Gasteiger partial charge in [-0.2, -0.15) is 4.31 Å². The lowest BCUT2D eigenvalue weighted by Crippen LogP contribution is -2.38. The third kappa shape index (κ3) is 3.58. The summed E-state index contributed by atoms with van der Waals surface area (Å²) in [7, 11) is -1.18. The van der Waals surface area contributed by atoms with Crippen LogP contribution in [0.4, 0.5) is 4.39 Å². The number of nitrogens with two attached hydrogens (primary N) is 1. The summed E-state index contributed by atoms with van der Waals surface area (Å²) in [4.78, 5) is -0.382. The minimum absolute atomic E-state index is 0. The maximum absolute atomic E-state index is 14.4. The Bertz CT molecular complexity index is 731. The van der Waals surface area contributed by atoms with E-state index in [9.17, 15) is 12.8 Å². The Morgan fingerprint density at radius 3 is 2.40 bits per heavy atom. The summed E-state index contributed by atoms with van der Waals surface area (Å²) in [6, 6.07) is 2.24. The summed E-state index contributed by atoms with van der Waals surface area (Å²) in [6.07, 6.45) is 2.90. The molecule has 1 aliphatic carbocycles. The predicted octanol–water partition coefficient (Wildman–Crippen LogP) is 2.01. The zero-order chi connectivity index (χ0) is 17.5. The first kappa shape index (κ1) is 20.2. The molecule has 3 unspecified atom stereocenters. The van der Waals surface area contributed by atoms with Crippen molar-refractivity contribution in [3.8, 4) is 11.5 Å². The van der Waals surface area contributed by atoms with Gasteiger partial charge in [-0.1, -0.05) is 6.42 Å². The lowest BCUT2D eigenvalue weighted by Gasteiger charge is -2.29. The summed E-state index contributed by atoms with van der Waals surface area (Å²) < 4.78 is 51.7. The number of fused-ring (bicyclic) bond motifs is 1. The van der Waals surface area contributed by atoms with Crippen molar-refractivity contribution < 1.29 is 22.3 Å². The molecule has 1 aliphatic heterocycles. The van der Waals surface area contributed by atoms with Crippen LogP contribution in [0.15, 0.2) is 17.0 Å². The van der Waals surface area contributed by atoms with Gasteiger partial charge in [-0.3, -0.25) is 0 Å². The third-order valence-corrected chi connectivity index (χ3v) is 7.02. The van der Waals surface area contributed by atoms with Crippen LogP contribution < -0.4 is 15.2 Å². The molecule has 142 valence electrons. The van der Waals surface area contributed by atoms with Gasteiger partial charge >= 0.3 is 0 Å². The Morgan fingerprint density at radius 1 is 1.16 bits per heavy atom. The topological polar surface area (TPSA) is 81.9 Å². The lowest BCUT2D eigenvalue weighted by atomic mass is 9.78. The first-order valence-corrected chi connectivity index (χ1v) is 9.49. The lowest BCUT2D eigenvalue weighted by molar-refractivity contribution is 0.260. The Morgan fingerprint density at radius 2 is 1.80 bits per heavy atom. The SMILES string of the molecule is COc1cc(F)c(S(=O)(=O)N2CC3CCCC(N)C3C2)cc1OC.Cl. The second-order valence-electron chi connectivity index (χ2n) is 6.48. The quantitative estimate of drug-likeness (QED) is 0.844. The molecule has 25 heavy (non-hydrogen) atoms. The maximum Gasteiger partial charge on any atom is 0.246 e. The van der Waals surface area contributed by atoms with Crippen LogP contribution in [-0.2, 0) is 10.0 Å². The van der Waals surface area contributed by atoms with Gasteiger partial charge in [0.1, 0.15) is 10.7 Å². The second-order valence-corrected chi connectivity index (χ2v) is 8.38. The van der Waals surface area contributed by atoms with Crippen LogP contribution in [0.25, 0.3) is 0 Å². The fraction of sp³-hybridized carbons (Fsp3) is 0.625. The number of nitrogens with zero attached hydrogens (tertiary/aromatic N) is 1. The highest BCUT2D eigenvalue weighted by atomic mass is 35.5. The van der Waals surface area contributed by atoms with E-state index in [0.717, 1.165) is 25.3 Å². The number of benzene rings is 1. The van der Waals surface area contributed by atoms with Gasteiger partial charge in [0.25, 0.3) is 0 Å². The van der Waals surface area contributed by atoms with Crippen molar-refractivity contribution in [3.05, 3.63) is 17.9 Å². The van der Waals surface area contributed by atoms with Crippen molar-refractivity contribution in [2.75, 3.05) is 27.3 Å². The molecule has 3 rings (SSSR count). The third-order valence-electron chi connectivity index (χ3n) is 5.18. The average molecular weight is 395 g/mol. The monoisotopic (exact) mass is 394 g/mol. The zero-order valence-corrected chi connectivity index (χ0v) is 15.9. The molecule has 0 aromatic heterocycles. The molecule has 1 aromatic rings. The summed E-state index contributed by atoms with van der Waals surface area (Å²) in [5.74, 6) is -0.0906. The number of ether oxygens (including phenoxy) is 2. The highest BCUT2D eigenvalue weighted by Crippen LogP contribution is 2.39. The van der Waals surface area contributed by atoms with Crippen molar-refractivity contribution in [2.24, 2.45) is 17.6 Å². The molecule has 1 saturated carbocycles. The Balaban J connectivity index is 0.00000225. The largest absolute Gasteiger partial charge is 0.493 e. The summed E-state index contributed by atoms with van der Waals surface area (Å²) >= 11 is 0. The molecule has 1 heterocycles. The molecule has 2 fully saturated rings. The summed E-state index contributed by atoms with van der Waals surface area (Å²) in [5.41, 5.74) is 6.15. The first-order chi connectivity index (χ1) is 11.4. The molecule has 0 radical (unpaired) electrons. The highest BCUT2D eigenvalue weighted by molar-refractivity contribution is 7.89. The van der Waals surface area contributed by atoms with E-state index in [4.69, 9.17) is 15.2 Å². The molecule has 3 atom stereocenters. The minimum atomic E-state index is -3.94. The number of sulfonamides is 1. The minimum Gasteiger partial charge on any atom is -0.493 e. The van der Waals surface area contributed by atoms with E-state index < -0.39 is 15.8 Å². The molecule has 9 heteroatoms. The van der Waals surface area contributed by atoms with Crippen molar-refractivity contribution in [1.29, 1.82) is 0 Å². The van der Waals surface area contributed by atoms with E-state index in [2.05, 4.69) is 0 Å². The fourth-order valence-corrected chi connectivity index (χ4v) is 5.44. The normalized spacial score (nSPS) is 26.6. The van der Waals surface area contributed by atoms with Crippen LogP contribution in [0.1, 0.15) is 19.3 Å². The Hall–Kier alpha value is -1.09. The predicted molar refractivity (Wildman–Crippen MR) is 94.3 cm³/mol. The molecule has 6 nitrogen and oxygen atoms in total. The number of rotatable bonds is 4. The number of hydrogen-bond acceptors (Lipinski definition) is 5. The van der Waals surface area contributed by atoms with Gasteiger partial charge < -0.3 is 15.2 Å². The van der Waals surface area contributed by atoms with Gasteiger partial charge in [0, 0.05) is 31.3 Å². The van der Waals surface area contributed by atoms with Crippen molar-refractivity contribution in [1.82, 2.24) is 4.31 Å². The first-order valence-electron chi connectivity index (χ1n) is 8.05. The van der Waals surface area contributed by atoms with Gasteiger partial charge in [0.15, 0.2) is 11.5 Å². The number of methoxy groups -OCH3 is 2. The van der Waals surface area contributed by atoms with Crippen molar-refractivity contribution >= 4 is 22.4 Å². The Kier molecular flexibility index (Phi) is 6.19. The summed E-state index contributed by atoms with van der Waals surface area (Å²) in [5, 5.41) is 0. The van der Waals surface area contributed by atoms with Gasteiger partial charge in [0.05, 0.1) is 14.2 Å². The zero-order valence-electron chi connectivity index (χ0n) is 14.3. The van der Waals surface area contributed by atoms with E-state index in [1.54, 1.807) is 0 Å². The fourth-order valence-electron chi connectivity index (χ4n) is 3.84. The maximum atomic E-state index is 14.4. The van der Waals surface area contributed by atoms with Gasteiger partial charge in [0.2, 0.25) is 10.0 Å². The van der Waals surface area contributed by atoms with E-state index in [-0.39, 0.29) is 46.7 Å². The highest BCUT2D eigenvalue weighted by Gasteiger charge is 2.44. The van der Waals surface area contributed by atoms with Crippen LogP contribution in [0.5, 0.6) is 11.5 Å². The van der Waals surface area contributed by atoms with Crippen LogP contribution in [-0.4, -0.2) is 46.1 Å². The van der Waals surface area contributed by atoms with Gasteiger partial charge in [-0.15, -0.1) is 12.4 Å². The standard InChI is InChI=1S/C16H23FN2O4S.ClH/c1-22-14-6-12(17)16(7-15(14)23-2)24(20,21)19-8-10-4-3-5-13(18)11(10)9-19;/h6-7,10-11,13H,3-5,8-9,18H2,1-2H3;1H. The molecule has 0 spiro atoms. The molecule has 1 saturated heterocycles. The molecule has 0 amide bonds. The summed E-state index contributed by atoms with van der Waals surface area (Å²) in [6.45, 7) is 0.746. The molecule has 2 N–H and O–H groups in total. The number of hydrogen-bond donors (Lipinski definition) is 1. The van der Waals surface area contributed by atoms with E-state index >= 15 is 0 Å². The number of halogens is 2. The average Bonchev–Trinajstić information content (AvgIpc) is 3.00. The van der Waals surface area contributed by atoms with Crippen LogP contribution in [0.2, 0.25) is 0 Å². The van der Waals surface area contributed by atoms with Crippen LogP contribution >= 0.6 is 12.4 Å². The van der Waals surface area contributed by atoms with E-state index in [1.165, 1.54) is 24.6 Å². The smallest absolute Gasteiger partial charge is 0.246 e. The van der Waals surface area contributed by atoms with Crippen LogP contribution in [0.3, 0.4) is 0 Å². The molecule has 1 aromatic carbocycles.